The summed E-state index contributed by atoms with van der Waals surface area (Å²) in [7, 11) is 1.41. The Morgan fingerprint density at radius 2 is 2.11 bits per heavy atom. The zero-order valence-corrected chi connectivity index (χ0v) is 10.4. The number of benzene rings is 1. The van der Waals surface area contributed by atoms with Crippen LogP contribution in [0.1, 0.15) is 12.8 Å². The van der Waals surface area contributed by atoms with Crippen molar-refractivity contribution in [1.29, 1.82) is 0 Å². The maximum atomic E-state index is 11.0. The zero-order chi connectivity index (χ0) is 12.8. The van der Waals surface area contributed by atoms with Crippen molar-refractivity contribution in [3.05, 3.63) is 42.9 Å². The van der Waals surface area contributed by atoms with E-state index in [-0.39, 0.29) is 5.97 Å². The molecule has 0 aliphatic carbocycles. The smallest absolute Gasteiger partial charge is 0.305 e. The largest absolute Gasteiger partial charge is 0.469 e. The molecule has 1 aromatic carbocycles. The van der Waals surface area contributed by atoms with Crippen LogP contribution in [0.15, 0.2) is 42.9 Å². The highest BCUT2D eigenvalue weighted by Gasteiger charge is 2.03. The number of rotatable bonds is 5. The molecular weight excluding hydrogens is 228 g/mol. The number of carbonyl (C=O) groups excluding carboxylic acids is 1. The molecule has 0 saturated carbocycles. The fraction of sp³-hybridized carbons (Fsp3) is 0.286. The minimum Gasteiger partial charge on any atom is -0.469 e. The van der Waals surface area contributed by atoms with E-state index in [1.165, 1.54) is 7.11 Å². The molecule has 18 heavy (non-hydrogen) atoms. The molecule has 1 aromatic heterocycles. The molecule has 0 fully saturated rings. The van der Waals surface area contributed by atoms with Crippen molar-refractivity contribution in [2.45, 2.75) is 19.4 Å². The molecule has 0 saturated heterocycles. The third-order valence-electron chi connectivity index (χ3n) is 2.73. The van der Waals surface area contributed by atoms with E-state index in [2.05, 4.69) is 9.72 Å². The highest BCUT2D eigenvalue weighted by atomic mass is 16.5. The van der Waals surface area contributed by atoms with Crippen molar-refractivity contribution >= 4 is 5.97 Å². The lowest BCUT2D eigenvalue weighted by molar-refractivity contribution is -0.140. The first-order valence-corrected chi connectivity index (χ1v) is 5.93. The molecule has 4 nitrogen and oxygen atoms in total. The summed E-state index contributed by atoms with van der Waals surface area (Å²) in [6.07, 6.45) is 4.98. The average Bonchev–Trinajstić information content (AvgIpc) is 2.88. The van der Waals surface area contributed by atoms with Gasteiger partial charge in [0.2, 0.25) is 0 Å². The van der Waals surface area contributed by atoms with E-state index in [0.29, 0.717) is 6.42 Å². The van der Waals surface area contributed by atoms with Gasteiger partial charge in [0.1, 0.15) is 0 Å². The number of aryl methyl sites for hydroxylation is 1. The number of nitrogens with zero attached hydrogens (tertiary/aromatic N) is 2. The minimum absolute atomic E-state index is 0.168. The topological polar surface area (TPSA) is 44.1 Å². The van der Waals surface area contributed by atoms with Crippen LogP contribution in [0.4, 0.5) is 0 Å². The second kappa shape index (κ2) is 6.00. The Labute approximate surface area is 106 Å². The van der Waals surface area contributed by atoms with Crippen molar-refractivity contribution in [1.82, 2.24) is 9.55 Å². The summed E-state index contributed by atoms with van der Waals surface area (Å²) in [5.41, 5.74) is 2.05. The fourth-order valence-corrected chi connectivity index (χ4v) is 1.75. The molecule has 0 bridgehead atoms. The first-order chi connectivity index (χ1) is 8.79. The van der Waals surface area contributed by atoms with E-state index in [9.17, 15) is 4.79 Å². The van der Waals surface area contributed by atoms with Gasteiger partial charge < -0.3 is 9.30 Å². The summed E-state index contributed by atoms with van der Waals surface area (Å²) in [5, 5.41) is 0. The van der Waals surface area contributed by atoms with Gasteiger partial charge in [-0.2, -0.15) is 0 Å². The summed E-state index contributed by atoms with van der Waals surface area (Å²) in [4.78, 5) is 15.3. The van der Waals surface area contributed by atoms with Gasteiger partial charge in [-0.05, 0) is 6.42 Å². The van der Waals surface area contributed by atoms with Crippen LogP contribution in [0.5, 0.6) is 0 Å². The van der Waals surface area contributed by atoms with Crippen molar-refractivity contribution in [2.75, 3.05) is 7.11 Å². The van der Waals surface area contributed by atoms with E-state index in [4.69, 9.17) is 0 Å². The number of hydrogen-bond donors (Lipinski definition) is 0. The number of ether oxygens (including phenoxy) is 1. The number of esters is 1. The molecule has 0 radical (unpaired) electrons. The van der Waals surface area contributed by atoms with E-state index < -0.39 is 0 Å². The summed E-state index contributed by atoms with van der Waals surface area (Å²) in [5.74, 6) is -0.168. The quantitative estimate of drug-likeness (QED) is 0.759. The first-order valence-electron chi connectivity index (χ1n) is 5.93. The van der Waals surface area contributed by atoms with Crippen LogP contribution >= 0.6 is 0 Å². The third-order valence-corrected chi connectivity index (χ3v) is 2.73. The molecular formula is C14H16N2O2. The van der Waals surface area contributed by atoms with Gasteiger partial charge in [-0.25, -0.2) is 4.98 Å². The Morgan fingerprint density at radius 1 is 1.33 bits per heavy atom. The van der Waals surface area contributed by atoms with Gasteiger partial charge in [0, 0.05) is 24.7 Å². The van der Waals surface area contributed by atoms with Crippen molar-refractivity contribution in [2.24, 2.45) is 0 Å². The number of methoxy groups -OCH3 is 1. The first kappa shape index (κ1) is 12.4. The van der Waals surface area contributed by atoms with Crippen LogP contribution in [0.3, 0.4) is 0 Å². The molecule has 1 heterocycles. The Morgan fingerprint density at radius 3 is 2.83 bits per heavy atom. The molecule has 0 spiro atoms. The van der Waals surface area contributed by atoms with Crippen LogP contribution in [-0.4, -0.2) is 22.6 Å². The predicted molar refractivity (Wildman–Crippen MR) is 68.9 cm³/mol. The number of aromatic nitrogens is 2. The van der Waals surface area contributed by atoms with Crippen molar-refractivity contribution in [3.63, 3.8) is 0 Å². The Kier molecular flexibility index (Phi) is 4.12. The molecule has 0 atom stereocenters. The summed E-state index contributed by atoms with van der Waals surface area (Å²) in [6, 6.07) is 10.0. The monoisotopic (exact) mass is 244 g/mol. The second-order valence-corrected chi connectivity index (χ2v) is 4.04. The third kappa shape index (κ3) is 3.20. The summed E-state index contributed by atoms with van der Waals surface area (Å²) in [6.45, 7) is 0.773. The number of hydrogen-bond acceptors (Lipinski definition) is 3. The lowest BCUT2D eigenvalue weighted by atomic mass is 10.2. The lowest BCUT2D eigenvalue weighted by Gasteiger charge is -2.00. The van der Waals surface area contributed by atoms with Gasteiger partial charge in [0.05, 0.1) is 19.1 Å². The second-order valence-electron chi connectivity index (χ2n) is 4.04. The summed E-state index contributed by atoms with van der Waals surface area (Å²) >= 11 is 0. The lowest BCUT2D eigenvalue weighted by Crippen LogP contribution is -2.02. The minimum atomic E-state index is -0.168. The summed E-state index contributed by atoms with van der Waals surface area (Å²) < 4.78 is 6.59. The van der Waals surface area contributed by atoms with Gasteiger partial charge in [-0.1, -0.05) is 30.3 Å². The van der Waals surface area contributed by atoms with Gasteiger partial charge in [0.15, 0.2) is 0 Å². The maximum absolute atomic E-state index is 11.0. The highest BCUT2D eigenvalue weighted by Crippen LogP contribution is 2.16. The van der Waals surface area contributed by atoms with E-state index in [1.807, 2.05) is 41.1 Å². The Hall–Kier alpha value is -2.10. The number of imidazole rings is 1. The number of carbonyl (C=O) groups is 1. The zero-order valence-electron chi connectivity index (χ0n) is 10.4. The van der Waals surface area contributed by atoms with Crippen molar-refractivity contribution < 1.29 is 9.53 Å². The normalized spacial score (nSPS) is 10.3. The Balaban J connectivity index is 1.93. The van der Waals surface area contributed by atoms with Gasteiger partial charge in [0.25, 0.3) is 0 Å². The molecule has 2 rings (SSSR count). The average molecular weight is 244 g/mol. The van der Waals surface area contributed by atoms with Gasteiger partial charge >= 0.3 is 5.97 Å². The van der Waals surface area contributed by atoms with E-state index >= 15 is 0 Å². The molecule has 0 aliphatic heterocycles. The molecule has 0 amide bonds. The van der Waals surface area contributed by atoms with Crippen LogP contribution in [0.2, 0.25) is 0 Å². The Bertz CT molecular complexity index is 506. The molecule has 94 valence electrons. The molecule has 0 N–H and O–H groups in total. The SMILES string of the molecule is COC(=O)CCCn1cnc(-c2ccccc2)c1. The van der Waals surface area contributed by atoms with Crippen LogP contribution < -0.4 is 0 Å². The standard InChI is InChI=1S/C14H16N2O2/c1-18-14(17)8-5-9-16-10-13(15-11-16)12-6-3-2-4-7-12/h2-4,6-7,10-11H,5,8-9H2,1H3. The molecule has 0 unspecified atom stereocenters. The van der Waals surface area contributed by atoms with Crippen LogP contribution in [-0.2, 0) is 16.1 Å². The molecule has 0 aliphatic rings. The predicted octanol–water partition coefficient (Wildman–Crippen LogP) is 2.50. The van der Waals surface area contributed by atoms with Gasteiger partial charge in [-0.3, -0.25) is 4.79 Å². The van der Waals surface area contributed by atoms with Crippen molar-refractivity contribution in [3.8, 4) is 11.3 Å². The van der Waals surface area contributed by atoms with Gasteiger partial charge in [-0.15, -0.1) is 0 Å². The van der Waals surface area contributed by atoms with E-state index in [0.717, 1.165) is 24.2 Å². The molecule has 4 heteroatoms. The van der Waals surface area contributed by atoms with E-state index in [1.54, 1.807) is 6.33 Å². The fourth-order valence-electron chi connectivity index (χ4n) is 1.75. The maximum Gasteiger partial charge on any atom is 0.305 e. The highest BCUT2D eigenvalue weighted by molar-refractivity contribution is 5.69. The van der Waals surface area contributed by atoms with Crippen LogP contribution in [0, 0.1) is 0 Å². The molecule has 2 aromatic rings. The van der Waals surface area contributed by atoms with Crippen LogP contribution in [0.25, 0.3) is 11.3 Å².